The van der Waals surface area contributed by atoms with Crippen molar-refractivity contribution in [1.29, 1.82) is 0 Å². The van der Waals surface area contributed by atoms with Gasteiger partial charge in [-0.05, 0) is 6.42 Å². The molecule has 1 rings (SSSR count). The fraction of sp³-hybridized carbons (Fsp3) is 0.667. The molecule has 1 N–H and O–H groups in total. The fourth-order valence-corrected chi connectivity index (χ4v) is 1.54. The van der Waals surface area contributed by atoms with Crippen LogP contribution < -0.4 is 0 Å². The van der Waals surface area contributed by atoms with Crippen LogP contribution in [-0.4, -0.2) is 42.8 Å². The van der Waals surface area contributed by atoms with E-state index in [-0.39, 0.29) is 0 Å². The maximum absolute atomic E-state index is 10.2. The summed E-state index contributed by atoms with van der Waals surface area (Å²) in [5, 5.41) is 8.40. The lowest BCUT2D eigenvalue weighted by Gasteiger charge is -2.11. The number of hydrogen-bond acceptors (Lipinski definition) is 3. The average molecular weight is 185 g/mol. The van der Waals surface area contributed by atoms with E-state index in [0.29, 0.717) is 5.92 Å². The number of nitrogens with zero attached hydrogens (tertiary/aromatic N) is 1. The maximum atomic E-state index is 10.2. The smallest absolute Gasteiger partial charge is 0.329 e. The summed E-state index contributed by atoms with van der Waals surface area (Å²) in [6.45, 7) is 2.59. The zero-order valence-electron chi connectivity index (χ0n) is 7.77. The molecule has 1 unspecified atom stereocenters. The first kappa shape index (κ1) is 10.1. The summed E-state index contributed by atoms with van der Waals surface area (Å²) in [6, 6.07) is 0. The van der Waals surface area contributed by atoms with E-state index in [1.165, 1.54) is 6.08 Å². The van der Waals surface area contributed by atoms with Crippen LogP contribution in [0.3, 0.4) is 0 Å². The van der Waals surface area contributed by atoms with Gasteiger partial charge >= 0.3 is 5.97 Å². The number of methoxy groups -OCH3 is 1. The van der Waals surface area contributed by atoms with E-state index in [1.807, 2.05) is 4.90 Å². The molecule has 1 atom stereocenters. The Morgan fingerprint density at radius 2 is 2.54 bits per heavy atom. The Bertz CT molecular complexity index is 203. The fourth-order valence-electron chi connectivity index (χ4n) is 1.54. The van der Waals surface area contributed by atoms with Gasteiger partial charge in [0.2, 0.25) is 0 Å². The van der Waals surface area contributed by atoms with Crippen LogP contribution in [0.5, 0.6) is 0 Å². The van der Waals surface area contributed by atoms with Crippen LogP contribution in [0.4, 0.5) is 0 Å². The molecule has 1 fully saturated rings. The normalized spacial score (nSPS) is 22.8. The van der Waals surface area contributed by atoms with Crippen molar-refractivity contribution < 1.29 is 14.6 Å². The lowest BCUT2D eigenvalue weighted by atomic mass is 10.1. The minimum absolute atomic E-state index is 0.545. The Morgan fingerprint density at radius 3 is 3.15 bits per heavy atom. The van der Waals surface area contributed by atoms with Crippen LogP contribution in [0.1, 0.15) is 6.42 Å². The molecule has 1 aliphatic rings. The molecule has 1 aliphatic heterocycles. The highest BCUT2D eigenvalue weighted by atomic mass is 16.5. The molecule has 0 aromatic heterocycles. The van der Waals surface area contributed by atoms with Crippen molar-refractivity contribution in [3.63, 3.8) is 0 Å². The van der Waals surface area contributed by atoms with Gasteiger partial charge in [-0.1, -0.05) is 0 Å². The highest BCUT2D eigenvalue weighted by Crippen LogP contribution is 2.16. The SMILES string of the molecule is COCC1CCN(C=CC(=O)O)C1. The molecule has 0 aliphatic carbocycles. The molecule has 0 saturated carbocycles. The van der Waals surface area contributed by atoms with Crippen LogP contribution in [0.2, 0.25) is 0 Å². The number of likely N-dealkylation sites (tertiary alicyclic amines) is 1. The van der Waals surface area contributed by atoms with Gasteiger partial charge in [0.15, 0.2) is 0 Å². The second kappa shape index (κ2) is 4.87. The highest BCUT2D eigenvalue weighted by molar-refractivity contribution is 5.79. The van der Waals surface area contributed by atoms with E-state index >= 15 is 0 Å². The molecule has 0 amide bonds. The Balaban J connectivity index is 2.28. The molecule has 0 radical (unpaired) electrons. The van der Waals surface area contributed by atoms with E-state index < -0.39 is 5.97 Å². The van der Waals surface area contributed by atoms with Crippen molar-refractivity contribution in [2.75, 3.05) is 26.8 Å². The third kappa shape index (κ3) is 3.46. The van der Waals surface area contributed by atoms with Crippen LogP contribution in [0.25, 0.3) is 0 Å². The predicted molar refractivity (Wildman–Crippen MR) is 48.3 cm³/mol. The lowest BCUT2D eigenvalue weighted by Crippen LogP contribution is -2.16. The number of ether oxygens (including phenoxy) is 1. The summed E-state index contributed by atoms with van der Waals surface area (Å²) < 4.78 is 5.03. The average Bonchev–Trinajstić information content (AvgIpc) is 2.50. The van der Waals surface area contributed by atoms with Gasteiger partial charge in [-0.25, -0.2) is 4.79 Å². The Hall–Kier alpha value is -1.03. The predicted octanol–water partition coefficient (Wildman–Crippen LogP) is 0.553. The molecule has 0 aromatic carbocycles. The minimum Gasteiger partial charge on any atom is -0.478 e. The van der Waals surface area contributed by atoms with Gasteiger partial charge in [0.1, 0.15) is 0 Å². The Morgan fingerprint density at radius 1 is 1.77 bits per heavy atom. The monoisotopic (exact) mass is 185 g/mol. The van der Waals surface area contributed by atoms with Crippen molar-refractivity contribution in [2.45, 2.75) is 6.42 Å². The van der Waals surface area contributed by atoms with Gasteiger partial charge in [0.25, 0.3) is 0 Å². The van der Waals surface area contributed by atoms with Gasteiger partial charge in [0.05, 0.1) is 6.61 Å². The first-order chi connectivity index (χ1) is 6.22. The van der Waals surface area contributed by atoms with Gasteiger partial charge in [-0.15, -0.1) is 0 Å². The van der Waals surface area contributed by atoms with Gasteiger partial charge in [-0.2, -0.15) is 0 Å². The van der Waals surface area contributed by atoms with Crippen LogP contribution >= 0.6 is 0 Å². The number of aliphatic carboxylic acids is 1. The summed E-state index contributed by atoms with van der Waals surface area (Å²) in [7, 11) is 1.69. The summed E-state index contributed by atoms with van der Waals surface area (Å²) in [4.78, 5) is 12.2. The summed E-state index contributed by atoms with van der Waals surface area (Å²) in [5.74, 6) is -0.348. The van der Waals surface area contributed by atoms with Crippen LogP contribution in [-0.2, 0) is 9.53 Å². The second-order valence-corrected chi connectivity index (χ2v) is 3.26. The molecule has 0 aromatic rings. The molecule has 0 spiro atoms. The molecule has 74 valence electrons. The second-order valence-electron chi connectivity index (χ2n) is 3.26. The maximum Gasteiger partial charge on any atom is 0.329 e. The van der Waals surface area contributed by atoms with E-state index in [4.69, 9.17) is 9.84 Å². The first-order valence-corrected chi connectivity index (χ1v) is 4.36. The summed E-state index contributed by atoms with van der Waals surface area (Å²) >= 11 is 0. The molecule has 4 nitrogen and oxygen atoms in total. The summed E-state index contributed by atoms with van der Waals surface area (Å²) in [6.07, 6.45) is 3.89. The molecule has 1 heterocycles. The van der Waals surface area contributed by atoms with Gasteiger partial charge in [0, 0.05) is 38.4 Å². The zero-order chi connectivity index (χ0) is 9.68. The Labute approximate surface area is 77.8 Å². The minimum atomic E-state index is -0.893. The molecule has 0 bridgehead atoms. The van der Waals surface area contributed by atoms with Crippen molar-refractivity contribution in [3.8, 4) is 0 Å². The topological polar surface area (TPSA) is 49.8 Å². The van der Waals surface area contributed by atoms with Crippen LogP contribution in [0.15, 0.2) is 12.3 Å². The summed E-state index contributed by atoms with van der Waals surface area (Å²) in [5.41, 5.74) is 0. The third-order valence-corrected chi connectivity index (χ3v) is 2.15. The van der Waals surface area contributed by atoms with Crippen molar-refractivity contribution >= 4 is 5.97 Å². The highest BCUT2D eigenvalue weighted by Gasteiger charge is 2.19. The number of carboxylic acids is 1. The van der Waals surface area contributed by atoms with E-state index in [9.17, 15) is 4.79 Å². The number of carbonyl (C=O) groups is 1. The molecular formula is C9H15NO3. The van der Waals surface area contributed by atoms with Crippen LogP contribution in [0, 0.1) is 5.92 Å². The zero-order valence-corrected chi connectivity index (χ0v) is 7.77. The van der Waals surface area contributed by atoms with Crippen molar-refractivity contribution in [3.05, 3.63) is 12.3 Å². The number of rotatable bonds is 4. The molecule has 4 heteroatoms. The largest absolute Gasteiger partial charge is 0.478 e. The van der Waals surface area contributed by atoms with Crippen molar-refractivity contribution in [1.82, 2.24) is 4.90 Å². The number of hydrogen-bond donors (Lipinski definition) is 1. The molecule has 13 heavy (non-hydrogen) atoms. The van der Waals surface area contributed by atoms with E-state index in [1.54, 1.807) is 13.3 Å². The number of carboxylic acid groups (broad SMARTS) is 1. The van der Waals surface area contributed by atoms with E-state index in [2.05, 4.69) is 0 Å². The standard InChI is InChI=1S/C9H15NO3/c1-13-7-8-2-4-10(6-8)5-3-9(11)12/h3,5,8H,2,4,6-7H2,1H3,(H,11,12). The van der Waals surface area contributed by atoms with Gasteiger partial charge < -0.3 is 14.7 Å². The van der Waals surface area contributed by atoms with E-state index in [0.717, 1.165) is 26.1 Å². The molecular weight excluding hydrogens is 170 g/mol. The lowest BCUT2D eigenvalue weighted by molar-refractivity contribution is -0.131. The Kier molecular flexibility index (Phi) is 3.76. The quantitative estimate of drug-likeness (QED) is 0.650. The molecule has 1 saturated heterocycles. The third-order valence-electron chi connectivity index (χ3n) is 2.15. The van der Waals surface area contributed by atoms with Crippen molar-refractivity contribution in [2.24, 2.45) is 5.92 Å². The first-order valence-electron chi connectivity index (χ1n) is 4.36. The van der Waals surface area contributed by atoms with Gasteiger partial charge in [-0.3, -0.25) is 0 Å².